The number of nitrogens with one attached hydrogen (secondary N) is 1. The first-order valence-corrected chi connectivity index (χ1v) is 8.52. The summed E-state index contributed by atoms with van der Waals surface area (Å²) in [6, 6.07) is 0.164. The molecule has 1 fully saturated rings. The largest absolute Gasteiger partial charge is 0.353 e. The third-order valence-electron chi connectivity index (χ3n) is 3.54. The maximum atomic E-state index is 12.2. The highest BCUT2D eigenvalue weighted by Crippen LogP contribution is 2.11. The van der Waals surface area contributed by atoms with Crippen LogP contribution in [-0.4, -0.2) is 65.4 Å². The van der Waals surface area contributed by atoms with Crippen LogP contribution >= 0.6 is 11.3 Å². The van der Waals surface area contributed by atoms with Gasteiger partial charge in [0.25, 0.3) is 0 Å². The first-order chi connectivity index (χ1) is 10.4. The predicted octanol–water partition coefficient (Wildman–Crippen LogP) is 0.663. The first-order valence-electron chi connectivity index (χ1n) is 7.64. The number of aromatic nitrogens is 1. The Bertz CT molecular complexity index is 521. The lowest BCUT2D eigenvalue weighted by Gasteiger charge is -2.34. The molecule has 0 atom stereocenters. The molecule has 1 aliphatic rings. The van der Waals surface area contributed by atoms with E-state index in [2.05, 4.69) is 15.2 Å². The zero-order valence-electron chi connectivity index (χ0n) is 13.5. The van der Waals surface area contributed by atoms with Crippen molar-refractivity contribution in [3.8, 4) is 0 Å². The average Bonchev–Trinajstić information content (AvgIpc) is 2.83. The Morgan fingerprint density at radius 3 is 2.55 bits per heavy atom. The summed E-state index contributed by atoms with van der Waals surface area (Å²) in [4.78, 5) is 32.3. The van der Waals surface area contributed by atoms with Crippen molar-refractivity contribution in [3.05, 3.63) is 16.1 Å². The fraction of sp³-hybridized carbons (Fsp3) is 0.667. The number of thiazole rings is 1. The summed E-state index contributed by atoms with van der Waals surface area (Å²) in [7, 11) is 0. The molecule has 1 saturated heterocycles. The van der Waals surface area contributed by atoms with Crippen LogP contribution in [-0.2, 0) is 16.0 Å². The van der Waals surface area contributed by atoms with E-state index < -0.39 is 0 Å². The molecule has 0 spiro atoms. The molecular formula is C15H24N4O2S. The number of aryl methyl sites for hydroxylation is 1. The van der Waals surface area contributed by atoms with E-state index in [0.717, 1.165) is 23.8 Å². The zero-order valence-corrected chi connectivity index (χ0v) is 14.3. The van der Waals surface area contributed by atoms with Crippen LogP contribution in [0.3, 0.4) is 0 Å². The molecule has 0 bridgehead atoms. The van der Waals surface area contributed by atoms with Gasteiger partial charge >= 0.3 is 0 Å². The monoisotopic (exact) mass is 324 g/mol. The highest BCUT2D eigenvalue weighted by molar-refractivity contribution is 7.09. The minimum atomic E-state index is 0.0488. The van der Waals surface area contributed by atoms with Crippen LogP contribution in [0.5, 0.6) is 0 Å². The summed E-state index contributed by atoms with van der Waals surface area (Å²) in [6.45, 7) is 9.10. The van der Waals surface area contributed by atoms with Gasteiger partial charge in [0.15, 0.2) is 0 Å². The number of nitrogens with zero attached hydrogens (tertiary/aromatic N) is 3. The smallest absolute Gasteiger partial charge is 0.234 e. The minimum absolute atomic E-state index is 0.0488. The lowest BCUT2D eigenvalue weighted by atomic mass is 10.2. The van der Waals surface area contributed by atoms with Gasteiger partial charge in [0.05, 0.1) is 23.7 Å². The van der Waals surface area contributed by atoms with E-state index >= 15 is 0 Å². The molecular weight excluding hydrogens is 300 g/mol. The van der Waals surface area contributed by atoms with Gasteiger partial charge in [0.2, 0.25) is 11.8 Å². The van der Waals surface area contributed by atoms with Gasteiger partial charge < -0.3 is 10.2 Å². The second-order valence-corrected chi connectivity index (χ2v) is 6.98. The summed E-state index contributed by atoms with van der Waals surface area (Å²) in [6.07, 6.45) is 0.373. The van der Waals surface area contributed by atoms with Gasteiger partial charge in [-0.2, -0.15) is 0 Å². The van der Waals surface area contributed by atoms with Crippen molar-refractivity contribution in [1.29, 1.82) is 0 Å². The van der Waals surface area contributed by atoms with Crippen molar-refractivity contribution in [2.75, 3.05) is 32.7 Å². The van der Waals surface area contributed by atoms with Gasteiger partial charge in [-0.1, -0.05) is 0 Å². The SMILES string of the molecule is Cc1nc(CC(=O)N2CCN(CC(=O)NC(C)C)CC2)cs1. The maximum absolute atomic E-state index is 12.2. The number of amides is 2. The molecule has 122 valence electrons. The molecule has 1 aromatic rings. The molecule has 1 N–H and O–H groups in total. The quantitative estimate of drug-likeness (QED) is 0.864. The van der Waals surface area contributed by atoms with Crippen LogP contribution < -0.4 is 5.32 Å². The van der Waals surface area contributed by atoms with Gasteiger partial charge in [-0.25, -0.2) is 4.98 Å². The molecule has 0 unspecified atom stereocenters. The number of carbonyl (C=O) groups excluding carboxylic acids is 2. The molecule has 0 aliphatic carbocycles. The normalized spacial score (nSPS) is 16.1. The second kappa shape index (κ2) is 7.69. The van der Waals surface area contributed by atoms with E-state index in [4.69, 9.17) is 0 Å². The molecule has 1 aromatic heterocycles. The molecule has 7 heteroatoms. The van der Waals surface area contributed by atoms with Crippen molar-refractivity contribution >= 4 is 23.2 Å². The summed E-state index contributed by atoms with van der Waals surface area (Å²) >= 11 is 1.57. The van der Waals surface area contributed by atoms with Crippen molar-refractivity contribution in [2.24, 2.45) is 0 Å². The Morgan fingerprint density at radius 1 is 1.32 bits per heavy atom. The molecule has 6 nitrogen and oxygen atoms in total. The molecule has 2 heterocycles. The van der Waals surface area contributed by atoms with Crippen molar-refractivity contribution in [2.45, 2.75) is 33.2 Å². The van der Waals surface area contributed by atoms with E-state index in [9.17, 15) is 9.59 Å². The van der Waals surface area contributed by atoms with Crippen LogP contribution in [0.25, 0.3) is 0 Å². The minimum Gasteiger partial charge on any atom is -0.353 e. The highest BCUT2D eigenvalue weighted by Gasteiger charge is 2.23. The van der Waals surface area contributed by atoms with Crippen molar-refractivity contribution in [3.63, 3.8) is 0 Å². The predicted molar refractivity (Wildman–Crippen MR) is 86.9 cm³/mol. The van der Waals surface area contributed by atoms with Crippen LogP contribution in [0.4, 0.5) is 0 Å². The number of piperazine rings is 1. The lowest BCUT2D eigenvalue weighted by molar-refractivity contribution is -0.132. The number of carbonyl (C=O) groups is 2. The van der Waals surface area contributed by atoms with Crippen molar-refractivity contribution < 1.29 is 9.59 Å². The highest BCUT2D eigenvalue weighted by atomic mass is 32.1. The van der Waals surface area contributed by atoms with E-state index in [-0.39, 0.29) is 17.9 Å². The molecule has 0 saturated carbocycles. The molecule has 1 aliphatic heterocycles. The van der Waals surface area contributed by atoms with Crippen LogP contribution in [0.1, 0.15) is 24.5 Å². The number of hydrogen-bond donors (Lipinski definition) is 1. The Hall–Kier alpha value is -1.47. The van der Waals surface area contributed by atoms with Crippen LogP contribution in [0, 0.1) is 6.92 Å². The summed E-state index contributed by atoms with van der Waals surface area (Å²) in [5.41, 5.74) is 0.853. The molecule has 2 amide bonds. The van der Waals surface area contributed by atoms with Crippen LogP contribution in [0.15, 0.2) is 5.38 Å². The Morgan fingerprint density at radius 2 is 2.00 bits per heavy atom. The maximum Gasteiger partial charge on any atom is 0.234 e. The summed E-state index contributed by atoms with van der Waals surface area (Å²) in [5.74, 6) is 0.171. The third kappa shape index (κ3) is 5.06. The average molecular weight is 324 g/mol. The standard InChI is InChI=1S/C15H24N4O2S/c1-11(2)16-14(20)9-18-4-6-19(7-5-18)15(21)8-13-10-22-12(3)17-13/h10-11H,4-9H2,1-3H3,(H,16,20). The van der Waals surface area contributed by atoms with E-state index in [1.165, 1.54) is 0 Å². The Kier molecular flexibility index (Phi) is 5.90. The summed E-state index contributed by atoms with van der Waals surface area (Å²) in [5, 5.41) is 5.82. The van der Waals surface area contributed by atoms with Crippen molar-refractivity contribution in [1.82, 2.24) is 20.1 Å². The third-order valence-corrected chi connectivity index (χ3v) is 4.36. The Balaban J connectivity index is 1.74. The molecule has 0 radical (unpaired) electrons. The fourth-order valence-corrected chi connectivity index (χ4v) is 3.09. The van der Waals surface area contributed by atoms with Gasteiger partial charge in [0, 0.05) is 37.6 Å². The van der Waals surface area contributed by atoms with Gasteiger partial charge in [0.1, 0.15) is 0 Å². The van der Waals surface area contributed by atoms with E-state index in [1.54, 1.807) is 11.3 Å². The molecule has 0 aromatic carbocycles. The topological polar surface area (TPSA) is 65.5 Å². The molecule has 2 rings (SSSR count). The van der Waals surface area contributed by atoms with Gasteiger partial charge in [-0.05, 0) is 20.8 Å². The van der Waals surface area contributed by atoms with Crippen LogP contribution in [0.2, 0.25) is 0 Å². The summed E-state index contributed by atoms with van der Waals surface area (Å²) < 4.78 is 0. The van der Waals surface area contributed by atoms with Gasteiger partial charge in [-0.3, -0.25) is 14.5 Å². The number of hydrogen-bond acceptors (Lipinski definition) is 5. The zero-order chi connectivity index (χ0) is 16.1. The second-order valence-electron chi connectivity index (χ2n) is 5.91. The molecule has 22 heavy (non-hydrogen) atoms. The first kappa shape index (κ1) is 16.9. The number of rotatable bonds is 5. The van der Waals surface area contributed by atoms with E-state index in [0.29, 0.717) is 26.1 Å². The Labute approximate surface area is 135 Å². The van der Waals surface area contributed by atoms with Gasteiger partial charge in [-0.15, -0.1) is 11.3 Å². The lowest BCUT2D eigenvalue weighted by Crippen LogP contribution is -2.51. The fourth-order valence-electron chi connectivity index (χ4n) is 2.48. The van der Waals surface area contributed by atoms with E-state index in [1.807, 2.05) is 31.1 Å².